The Morgan fingerprint density at radius 3 is 2.59 bits per heavy atom. The van der Waals surface area contributed by atoms with Crippen molar-refractivity contribution in [3.05, 3.63) is 54.2 Å². The van der Waals surface area contributed by atoms with Crippen LogP contribution in [0.3, 0.4) is 0 Å². The number of ether oxygens (including phenoxy) is 2. The van der Waals surface area contributed by atoms with Gasteiger partial charge in [-0.15, -0.1) is 0 Å². The van der Waals surface area contributed by atoms with E-state index in [1.807, 2.05) is 36.7 Å². The average molecular weight is 366 g/mol. The van der Waals surface area contributed by atoms with Gasteiger partial charge in [0.1, 0.15) is 29.5 Å². The van der Waals surface area contributed by atoms with Gasteiger partial charge in [-0.05, 0) is 31.2 Å². The minimum absolute atomic E-state index is 0.314. The molecule has 4 aromatic rings. The highest BCUT2D eigenvalue weighted by Crippen LogP contribution is 2.39. The molecule has 0 spiro atoms. The Morgan fingerprint density at radius 2 is 1.85 bits per heavy atom. The van der Waals surface area contributed by atoms with Gasteiger partial charge in [-0.2, -0.15) is 5.10 Å². The van der Waals surface area contributed by atoms with Crippen LogP contribution in [-0.2, 0) is 7.05 Å². The van der Waals surface area contributed by atoms with Gasteiger partial charge in [-0.25, -0.2) is 9.37 Å². The minimum Gasteiger partial charge on any atom is -0.497 e. The number of aromatic nitrogens is 4. The van der Waals surface area contributed by atoms with Crippen LogP contribution >= 0.6 is 0 Å². The van der Waals surface area contributed by atoms with Crippen molar-refractivity contribution < 1.29 is 13.9 Å². The number of methoxy groups -OCH3 is 2. The molecule has 2 heterocycles. The van der Waals surface area contributed by atoms with Crippen LogP contribution in [0.5, 0.6) is 11.5 Å². The molecule has 0 saturated carbocycles. The van der Waals surface area contributed by atoms with Gasteiger partial charge in [-0.1, -0.05) is 0 Å². The van der Waals surface area contributed by atoms with E-state index in [1.165, 1.54) is 12.1 Å². The average Bonchev–Trinajstić information content (AvgIpc) is 3.20. The Bertz CT molecular complexity index is 1150. The van der Waals surface area contributed by atoms with E-state index in [-0.39, 0.29) is 5.82 Å². The molecule has 0 atom stereocenters. The maximum absolute atomic E-state index is 13.6. The van der Waals surface area contributed by atoms with Gasteiger partial charge < -0.3 is 9.47 Å². The first-order valence-corrected chi connectivity index (χ1v) is 8.42. The smallest absolute Gasteiger partial charge is 0.144 e. The molecule has 0 saturated heterocycles. The fourth-order valence-corrected chi connectivity index (χ4v) is 3.40. The van der Waals surface area contributed by atoms with E-state index in [0.717, 1.165) is 28.2 Å². The van der Waals surface area contributed by atoms with Crippen LogP contribution in [0.15, 0.2) is 42.7 Å². The summed E-state index contributed by atoms with van der Waals surface area (Å²) in [5.41, 5.74) is 4.04. The van der Waals surface area contributed by atoms with Crippen LogP contribution in [0.2, 0.25) is 0 Å². The number of halogens is 1. The molecule has 7 heteroatoms. The predicted octanol–water partition coefficient (Wildman–Crippen LogP) is 3.89. The Morgan fingerprint density at radius 1 is 1.04 bits per heavy atom. The van der Waals surface area contributed by atoms with Crippen molar-refractivity contribution in [2.24, 2.45) is 7.05 Å². The van der Waals surface area contributed by atoms with Crippen LogP contribution < -0.4 is 9.47 Å². The van der Waals surface area contributed by atoms with E-state index in [0.29, 0.717) is 17.0 Å². The van der Waals surface area contributed by atoms with Gasteiger partial charge in [0.05, 0.1) is 36.5 Å². The lowest BCUT2D eigenvalue weighted by molar-refractivity contribution is 0.395. The van der Waals surface area contributed by atoms with E-state index in [2.05, 4.69) is 10.1 Å². The molecule has 0 aliphatic carbocycles. The highest BCUT2D eigenvalue weighted by atomic mass is 19.1. The molecule has 0 aliphatic heterocycles. The molecule has 0 aliphatic rings. The molecule has 0 N–H and O–H groups in total. The first-order chi connectivity index (χ1) is 13.0. The van der Waals surface area contributed by atoms with E-state index in [4.69, 9.17) is 9.47 Å². The van der Waals surface area contributed by atoms with Gasteiger partial charge in [0, 0.05) is 24.7 Å². The lowest BCUT2D eigenvalue weighted by atomic mass is 10.0. The van der Waals surface area contributed by atoms with Crippen LogP contribution in [0, 0.1) is 12.7 Å². The number of imidazole rings is 1. The summed E-state index contributed by atoms with van der Waals surface area (Å²) < 4.78 is 28.1. The van der Waals surface area contributed by atoms with E-state index in [1.54, 1.807) is 31.3 Å². The molecule has 27 heavy (non-hydrogen) atoms. The second-order valence-corrected chi connectivity index (χ2v) is 6.22. The van der Waals surface area contributed by atoms with Crippen molar-refractivity contribution in [3.8, 4) is 28.4 Å². The van der Waals surface area contributed by atoms with Crippen molar-refractivity contribution in [2.75, 3.05) is 14.2 Å². The monoisotopic (exact) mass is 366 g/mol. The molecule has 0 unspecified atom stereocenters. The molecule has 4 rings (SSSR count). The van der Waals surface area contributed by atoms with Crippen LogP contribution in [0.25, 0.3) is 28.0 Å². The topological polar surface area (TPSA) is 54.1 Å². The summed E-state index contributed by atoms with van der Waals surface area (Å²) in [6.45, 7) is 1.95. The van der Waals surface area contributed by atoms with Gasteiger partial charge in [-0.3, -0.25) is 9.25 Å². The summed E-state index contributed by atoms with van der Waals surface area (Å²) in [4.78, 5) is 4.34. The quantitative estimate of drug-likeness (QED) is 0.550. The van der Waals surface area contributed by atoms with Gasteiger partial charge in [0.2, 0.25) is 0 Å². The lowest BCUT2D eigenvalue weighted by Gasteiger charge is -2.13. The molecule has 6 nitrogen and oxygen atoms in total. The molecular weight excluding hydrogens is 347 g/mol. The first-order valence-electron chi connectivity index (χ1n) is 8.42. The highest BCUT2D eigenvalue weighted by Gasteiger charge is 2.22. The third-order valence-corrected chi connectivity index (χ3v) is 4.61. The Balaban J connectivity index is 1.99. The van der Waals surface area contributed by atoms with Gasteiger partial charge >= 0.3 is 0 Å². The summed E-state index contributed by atoms with van der Waals surface area (Å²) in [7, 11) is 5.11. The lowest BCUT2D eigenvalue weighted by Crippen LogP contribution is -2.03. The van der Waals surface area contributed by atoms with Gasteiger partial charge in [0.15, 0.2) is 0 Å². The highest BCUT2D eigenvalue weighted by molar-refractivity contribution is 5.83. The molecular formula is C20H19FN4O2. The van der Waals surface area contributed by atoms with E-state index >= 15 is 0 Å². The number of rotatable bonds is 4. The maximum Gasteiger partial charge on any atom is 0.144 e. The molecule has 2 aromatic heterocycles. The maximum atomic E-state index is 13.6. The third kappa shape index (κ3) is 2.71. The Kier molecular flexibility index (Phi) is 4.07. The van der Waals surface area contributed by atoms with Crippen molar-refractivity contribution >= 4 is 11.0 Å². The molecule has 0 bridgehead atoms. The minimum atomic E-state index is -0.314. The van der Waals surface area contributed by atoms with Crippen LogP contribution in [0.4, 0.5) is 4.39 Å². The Hall–Kier alpha value is -3.35. The summed E-state index contributed by atoms with van der Waals surface area (Å²) in [6.07, 6.45) is 1.68. The molecule has 2 aromatic carbocycles. The third-order valence-electron chi connectivity index (χ3n) is 4.61. The summed E-state index contributed by atoms with van der Waals surface area (Å²) in [5.74, 6) is 1.90. The zero-order valence-electron chi connectivity index (χ0n) is 15.5. The number of fused-ring (bicyclic) bond motifs is 1. The fraction of sp³-hybridized carbons (Fsp3) is 0.200. The molecule has 0 fully saturated rings. The second kappa shape index (κ2) is 6.42. The first kappa shape index (κ1) is 17.1. The zero-order chi connectivity index (χ0) is 19.1. The van der Waals surface area contributed by atoms with Crippen molar-refractivity contribution in [1.82, 2.24) is 19.3 Å². The number of benzene rings is 2. The normalized spacial score (nSPS) is 11.1. The number of hydrogen-bond acceptors (Lipinski definition) is 4. The van der Waals surface area contributed by atoms with Crippen molar-refractivity contribution in [1.29, 1.82) is 0 Å². The summed E-state index contributed by atoms with van der Waals surface area (Å²) in [5, 5.41) is 4.59. The summed E-state index contributed by atoms with van der Waals surface area (Å²) in [6, 6.07) is 10.2. The van der Waals surface area contributed by atoms with Gasteiger partial charge in [0.25, 0.3) is 0 Å². The molecule has 138 valence electrons. The standard InChI is InChI=1S/C20H19FN4O2/c1-12-19(15-7-6-14(26-3)10-18(15)27-4)20(24(2)23-12)25-11-22-16-9-13(21)5-8-17(16)25/h5-11H,1-4H3. The van der Waals surface area contributed by atoms with E-state index in [9.17, 15) is 4.39 Å². The SMILES string of the molecule is COc1ccc(-c2c(C)nn(C)c2-n2cnc3cc(F)ccc32)c(OC)c1. The summed E-state index contributed by atoms with van der Waals surface area (Å²) >= 11 is 0. The Labute approximate surface area is 155 Å². The zero-order valence-corrected chi connectivity index (χ0v) is 15.5. The van der Waals surface area contributed by atoms with Crippen molar-refractivity contribution in [2.45, 2.75) is 6.92 Å². The number of hydrogen-bond donors (Lipinski definition) is 0. The number of nitrogens with zero attached hydrogens (tertiary/aromatic N) is 4. The largest absolute Gasteiger partial charge is 0.497 e. The second-order valence-electron chi connectivity index (χ2n) is 6.22. The van der Waals surface area contributed by atoms with Crippen LogP contribution in [-0.4, -0.2) is 33.6 Å². The molecule has 0 radical (unpaired) electrons. The number of aryl methyl sites for hydroxylation is 2. The van der Waals surface area contributed by atoms with Crippen LogP contribution in [0.1, 0.15) is 5.69 Å². The fourth-order valence-electron chi connectivity index (χ4n) is 3.40. The van der Waals surface area contributed by atoms with E-state index < -0.39 is 0 Å². The molecule has 0 amide bonds. The van der Waals surface area contributed by atoms with Crippen molar-refractivity contribution in [3.63, 3.8) is 0 Å². The predicted molar refractivity (Wildman–Crippen MR) is 101 cm³/mol.